The first-order chi connectivity index (χ1) is 5.49. The van der Waals surface area contributed by atoms with Crippen molar-refractivity contribution in [3.05, 3.63) is 0 Å². The predicted molar refractivity (Wildman–Crippen MR) is 44.2 cm³/mol. The highest BCUT2D eigenvalue weighted by Gasteiger charge is 2.34. The Kier molecular flexibility index (Phi) is 3.01. The number of nitrogens with one attached hydrogen (secondary N) is 1. The SMILES string of the molecule is CC(C)CN1CCNC(F)(F)C1. The molecule has 1 aliphatic rings. The lowest BCUT2D eigenvalue weighted by molar-refractivity contribution is -0.0855. The van der Waals surface area contributed by atoms with Crippen LogP contribution in [0.3, 0.4) is 0 Å². The van der Waals surface area contributed by atoms with Gasteiger partial charge in [-0.05, 0) is 5.92 Å². The molecule has 0 spiro atoms. The Balaban J connectivity index is 2.36. The average molecular weight is 178 g/mol. The van der Waals surface area contributed by atoms with Crippen molar-refractivity contribution >= 4 is 0 Å². The van der Waals surface area contributed by atoms with Gasteiger partial charge in [0.15, 0.2) is 0 Å². The minimum Gasteiger partial charge on any atom is -0.295 e. The highest BCUT2D eigenvalue weighted by atomic mass is 19.3. The molecule has 4 heteroatoms. The van der Waals surface area contributed by atoms with Gasteiger partial charge < -0.3 is 0 Å². The van der Waals surface area contributed by atoms with E-state index in [-0.39, 0.29) is 6.54 Å². The molecule has 1 aliphatic heterocycles. The van der Waals surface area contributed by atoms with Gasteiger partial charge in [-0.25, -0.2) is 0 Å². The van der Waals surface area contributed by atoms with E-state index in [9.17, 15) is 8.78 Å². The Bertz CT molecular complexity index is 148. The van der Waals surface area contributed by atoms with E-state index in [0.29, 0.717) is 12.5 Å². The van der Waals surface area contributed by atoms with Crippen LogP contribution in [0.2, 0.25) is 0 Å². The van der Waals surface area contributed by atoms with Crippen LogP contribution in [-0.4, -0.2) is 37.1 Å². The van der Waals surface area contributed by atoms with E-state index in [2.05, 4.69) is 5.32 Å². The maximum atomic E-state index is 12.8. The zero-order chi connectivity index (χ0) is 9.19. The molecule has 0 aromatic carbocycles. The quantitative estimate of drug-likeness (QED) is 0.638. The molecule has 1 heterocycles. The molecule has 0 radical (unpaired) electrons. The summed E-state index contributed by atoms with van der Waals surface area (Å²) in [6, 6.07) is -2.69. The fourth-order valence-electron chi connectivity index (χ4n) is 1.48. The van der Waals surface area contributed by atoms with Crippen LogP contribution in [-0.2, 0) is 0 Å². The Morgan fingerprint density at radius 3 is 2.67 bits per heavy atom. The van der Waals surface area contributed by atoms with Crippen LogP contribution < -0.4 is 5.32 Å². The highest BCUT2D eigenvalue weighted by molar-refractivity contribution is 4.77. The van der Waals surface area contributed by atoms with Crippen molar-refractivity contribution in [2.24, 2.45) is 5.92 Å². The first-order valence-electron chi connectivity index (χ1n) is 4.35. The molecule has 1 rings (SSSR count). The Labute approximate surface area is 71.9 Å². The first kappa shape index (κ1) is 9.86. The molecule has 0 atom stereocenters. The van der Waals surface area contributed by atoms with E-state index in [1.807, 2.05) is 13.8 Å². The van der Waals surface area contributed by atoms with Crippen molar-refractivity contribution in [3.63, 3.8) is 0 Å². The molecule has 0 aliphatic carbocycles. The molecule has 1 N–H and O–H groups in total. The van der Waals surface area contributed by atoms with Crippen LogP contribution in [0, 0.1) is 5.92 Å². The summed E-state index contributed by atoms with van der Waals surface area (Å²) >= 11 is 0. The summed E-state index contributed by atoms with van der Waals surface area (Å²) in [5.74, 6) is 0.457. The van der Waals surface area contributed by atoms with Gasteiger partial charge in [0, 0.05) is 19.6 Å². The molecule has 0 aromatic heterocycles. The Hall–Kier alpha value is -0.220. The normalized spacial score (nSPS) is 24.8. The lowest BCUT2D eigenvalue weighted by Gasteiger charge is -2.34. The van der Waals surface area contributed by atoms with Gasteiger partial charge in [0.2, 0.25) is 0 Å². The monoisotopic (exact) mass is 178 g/mol. The van der Waals surface area contributed by atoms with E-state index in [1.165, 1.54) is 0 Å². The lowest BCUT2D eigenvalue weighted by atomic mass is 10.2. The van der Waals surface area contributed by atoms with Gasteiger partial charge in [-0.15, -0.1) is 0 Å². The molecule has 0 bridgehead atoms. The fourth-order valence-corrected chi connectivity index (χ4v) is 1.48. The third kappa shape index (κ3) is 3.03. The van der Waals surface area contributed by atoms with E-state index in [4.69, 9.17) is 0 Å². The zero-order valence-corrected chi connectivity index (χ0v) is 7.61. The van der Waals surface area contributed by atoms with Crippen LogP contribution in [0.15, 0.2) is 0 Å². The number of hydrogen-bond acceptors (Lipinski definition) is 2. The van der Waals surface area contributed by atoms with E-state index < -0.39 is 6.05 Å². The summed E-state index contributed by atoms with van der Waals surface area (Å²) in [5, 5.41) is 2.19. The van der Waals surface area contributed by atoms with Gasteiger partial charge in [0.05, 0.1) is 6.54 Å². The predicted octanol–water partition coefficient (Wildman–Crippen LogP) is 1.14. The van der Waals surface area contributed by atoms with E-state index in [0.717, 1.165) is 13.1 Å². The van der Waals surface area contributed by atoms with E-state index in [1.54, 1.807) is 4.90 Å². The smallest absolute Gasteiger partial charge is 0.295 e. The topological polar surface area (TPSA) is 15.3 Å². The Morgan fingerprint density at radius 1 is 1.50 bits per heavy atom. The number of nitrogens with zero attached hydrogens (tertiary/aromatic N) is 1. The molecule has 0 unspecified atom stereocenters. The summed E-state index contributed by atoms with van der Waals surface area (Å²) in [5.41, 5.74) is 0. The fraction of sp³-hybridized carbons (Fsp3) is 1.00. The van der Waals surface area contributed by atoms with Crippen molar-refractivity contribution in [1.82, 2.24) is 10.2 Å². The number of piperazine rings is 1. The van der Waals surface area contributed by atoms with Crippen molar-refractivity contribution in [3.8, 4) is 0 Å². The van der Waals surface area contributed by atoms with Crippen LogP contribution in [0.25, 0.3) is 0 Å². The minimum atomic E-state index is -2.69. The molecule has 1 saturated heterocycles. The molecule has 0 aromatic rings. The third-order valence-corrected chi connectivity index (χ3v) is 1.86. The van der Waals surface area contributed by atoms with Crippen molar-refractivity contribution in [1.29, 1.82) is 0 Å². The molecule has 0 amide bonds. The lowest BCUT2D eigenvalue weighted by Crippen LogP contribution is -2.55. The maximum absolute atomic E-state index is 12.8. The third-order valence-electron chi connectivity index (χ3n) is 1.86. The van der Waals surface area contributed by atoms with Gasteiger partial charge >= 0.3 is 6.05 Å². The first-order valence-corrected chi connectivity index (χ1v) is 4.35. The molecule has 72 valence electrons. The van der Waals surface area contributed by atoms with Crippen LogP contribution in [0.5, 0.6) is 0 Å². The van der Waals surface area contributed by atoms with Crippen molar-refractivity contribution in [2.45, 2.75) is 19.9 Å². The van der Waals surface area contributed by atoms with Gasteiger partial charge in [-0.2, -0.15) is 8.78 Å². The molecular weight excluding hydrogens is 162 g/mol. The largest absolute Gasteiger partial charge is 0.315 e. The summed E-state index contributed by atoms with van der Waals surface area (Å²) in [6.07, 6.45) is 0. The molecule has 0 saturated carbocycles. The van der Waals surface area contributed by atoms with Crippen molar-refractivity contribution < 1.29 is 8.78 Å². The standard InChI is InChI=1S/C8H16F2N2/c1-7(2)5-12-4-3-11-8(9,10)6-12/h7,11H,3-6H2,1-2H3. The summed E-state index contributed by atoms with van der Waals surface area (Å²) < 4.78 is 25.5. The van der Waals surface area contributed by atoms with Crippen LogP contribution in [0.4, 0.5) is 8.78 Å². The number of halogens is 2. The molecule has 1 fully saturated rings. The van der Waals surface area contributed by atoms with Crippen molar-refractivity contribution in [2.75, 3.05) is 26.2 Å². The average Bonchev–Trinajstić information content (AvgIpc) is 1.82. The number of rotatable bonds is 2. The summed E-state index contributed by atoms with van der Waals surface area (Å²) in [4.78, 5) is 1.81. The van der Waals surface area contributed by atoms with Gasteiger partial charge in [0.25, 0.3) is 0 Å². The second kappa shape index (κ2) is 3.66. The second-order valence-corrected chi connectivity index (χ2v) is 3.76. The van der Waals surface area contributed by atoms with Crippen LogP contribution in [0.1, 0.15) is 13.8 Å². The maximum Gasteiger partial charge on any atom is 0.315 e. The number of alkyl halides is 2. The molecule has 12 heavy (non-hydrogen) atoms. The number of hydrogen-bond donors (Lipinski definition) is 1. The summed E-state index contributed by atoms with van der Waals surface area (Å²) in [6.45, 7) is 5.82. The second-order valence-electron chi connectivity index (χ2n) is 3.76. The highest BCUT2D eigenvalue weighted by Crippen LogP contribution is 2.15. The molecule has 2 nitrogen and oxygen atoms in total. The van der Waals surface area contributed by atoms with Gasteiger partial charge in [-0.1, -0.05) is 13.8 Å². The molecular formula is C8H16F2N2. The van der Waals surface area contributed by atoms with Crippen LogP contribution >= 0.6 is 0 Å². The van der Waals surface area contributed by atoms with Gasteiger partial charge in [-0.3, -0.25) is 10.2 Å². The Morgan fingerprint density at radius 2 is 2.17 bits per heavy atom. The van der Waals surface area contributed by atoms with Gasteiger partial charge in [0.1, 0.15) is 0 Å². The van der Waals surface area contributed by atoms with E-state index >= 15 is 0 Å². The minimum absolute atomic E-state index is 0.148. The summed E-state index contributed by atoms with van der Waals surface area (Å²) in [7, 11) is 0. The zero-order valence-electron chi connectivity index (χ0n) is 7.61.